The Morgan fingerprint density at radius 2 is 1.95 bits per heavy atom. The standard InChI is InChI=1S/C16H18N2O2/c1-12-7-9-18(10-8-12)16(19)14-11-17-15(20-14)13-5-3-2-4-6-13/h2-6,11-12H,7-10H2,1H3. The Morgan fingerprint density at radius 1 is 1.25 bits per heavy atom. The zero-order valence-corrected chi connectivity index (χ0v) is 11.6. The third-order valence-electron chi connectivity index (χ3n) is 3.81. The largest absolute Gasteiger partial charge is 0.431 e. The lowest BCUT2D eigenvalue weighted by molar-refractivity contribution is 0.0666. The van der Waals surface area contributed by atoms with Gasteiger partial charge in [0, 0.05) is 18.7 Å². The van der Waals surface area contributed by atoms with E-state index in [2.05, 4.69) is 11.9 Å². The summed E-state index contributed by atoms with van der Waals surface area (Å²) in [5.41, 5.74) is 0.888. The van der Waals surface area contributed by atoms with Gasteiger partial charge in [-0.15, -0.1) is 0 Å². The van der Waals surface area contributed by atoms with Crippen LogP contribution < -0.4 is 0 Å². The summed E-state index contributed by atoms with van der Waals surface area (Å²) in [4.78, 5) is 18.4. The number of benzene rings is 1. The van der Waals surface area contributed by atoms with E-state index < -0.39 is 0 Å². The van der Waals surface area contributed by atoms with Gasteiger partial charge >= 0.3 is 0 Å². The Kier molecular flexibility index (Phi) is 3.54. The second-order valence-corrected chi connectivity index (χ2v) is 5.37. The fourth-order valence-corrected chi connectivity index (χ4v) is 2.45. The molecule has 1 amide bonds. The third-order valence-corrected chi connectivity index (χ3v) is 3.81. The van der Waals surface area contributed by atoms with Crippen LogP contribution in [0, 0.1) is 5.92 Å². The quantitative estimate of drug-likeness (QED) is 0.841. The lowest BCUT2D eigenvalue weighted by Gasteiger charge is -2.29. The van der Waals surface area contributed by atoms with E-state index in [1.807, 2.05) is 35.2 Å². The van der Waals surface area contributed by atoms with Crippen molar-refractivity contribution in [3.05, 3.63) is 42.3 Å². The molecule has 4 nitrogen and oxygen atoms in total. The SMILES string of the molecule is CC1CCN(C(=O)c2cnc(-c3ccccc3)o2)CC1. The second-order valence-electron chi connectivity index (χ2n) is 5.37. The number of carbonyl (C=O) groups excluding carboxylic acids is 1. The maximum absolute atomic E-state index is 12.3. The zero-order valence-electron chi connectivity index (χ0n) is 11.6. The number of aromatic nitrogens is 1. The molecule has 0 bridgehead atoms. The smallest absolute Gasteiger partial charge is 0.291 e. The van der Waals surface area contributed by atoms with Crippen LogP contribution in [0.2, 0.25) is 0 Å². The first-order chi connectivity index (χ1) is 9.74. The Morgan fingerprint density at radius 3 is 2.65 bits per heavy atom. The zero-order chi connectivity index (χ0) is 13.9. The molecule has 104 valence electrons. The lowest BCUT2D eigenvalue weighted by atomic mass is 9.99. The highest BCUT2D eigenvalue weighted by molar-refractivity contribution is 5.91. The van der Waals surface area contributed by atoms with Gasteiger partial charge in [0.25, 0.3) is 5.91 Å². The maximum Gasteiger partial charge on any atom is 0.291 e. The van der Waals surface area contributed by atoms with Gasteiger partial charge in [0.15, 0.2) is 0 Å². The van der Waals surface area contributed by atoms with Gasteiger partial charge in [-0.05, 0) is 30.9 Å². The van der Waals surface area contributed by atoms with E-state index in [4.69, 9.17) is 4.42 Å². The molecule has 0 N–H and O–H groups in total. The molecule has 0 atom stereocenters. The number of carbonyl (C=O) groups is 1. The number of likely N-dealkylation sites (tertiary alicyclic amines) is 1. The third kappa shape index (κ3) is 2.59. The van der Waals surface area contributed by atoms with E-state index in [9.17, 15) is 4.79 Å². The minimum atomic E-state index is -0.0495. The highest BCUT2D eigenvalue weighted by Crippen LogP contribution is 2.22. The van der Waals surface area contributed by atoms with Crippen LogP contribution in [-0.2, 0) is 0 Å². The molecule has 1 saturated heterocycles. The number of amides is 1. The predicted octanol–water partition coefficient (Wildman–Crippen LogP) is 3.21. The summed E-state index contributed by atoms with van der Waals surface area (Å²) in [5, 5.41) is 0. The number of nitrogens with zero attached hydrogens (tertiary/aromatic N) is 2. The normalized spacial score (nSPS) is 16.4. The fraction of sp³-hybridized carbons (Fsp3) is 0.375. The first-order valence-electron chi connectivity index (χ1n) is 7.04. The van der Waals surface area contributed by atoms with Crippen molar-refractivity contribution in [1.82, 2.24) is 9.88 Å². The monoisotopic (exact) mass is 270 g/mol. The van der Waals surface area contributed by atoms with Crippen molar-refractivity contribution >= 4 is 5.91 Å². The average molecular weight is 270 g/mol. The van der Waals surface area contributed by atoms with Crippen LogP contribution in [-0.4, -0.2) is 28.9 Å². The minimum Gasteiger partial charge on any atom is -0.431 e. The molecule has 2 aromatic rings. The highest BCUT2D eigenvalue weighted by Gasteiger charge is 2.24. The number of oxazole rings is 1. The molecule has 0 saturated carbocycles. The van der Waals surface area contributed by atoms with Crippen LogP contribution in [0.5, 0.6) is 0 Å². The van der Waals surface area contributed by atoms with E-state index in [0.717, 1.165) is 31.5 Å². The molecule has 1 aromatic carbocycles. The molecule has 2 heterocycles. The molecule has 0 radical (unpaired) electrons. The number of hydrogen-bond donors (Lipinski definition) is 0. The van der Waals surface area contributed by atoms with Crippen LogP contribution in [0.3, 0.4) is 0 Å². The average Bonchev–Trinajstić information content (AvgIpc) is 2.98. The molecule has 0 spiro atoms. The topological polar surface area (TPSA) is 46.3 Å². The van der Waals surface area contributed by atoms with Crippen molar-refractivity contribution in [2.45, 2.75) is 19.8 Å². The van der Waals surface area contributed by atoms with Gasteiger partial charge < -0.3 is 9.32 Å². The summed E-state index contributed by atoms with van der Waals surface area (Å²) < 4.78 is 5.61. The van der Waals surface area contributed by atoms with E-state index in [1.54, 1.807) is 0 Å². The lowest BCUT2D eigenvalue weighted by Crippen LogP contribution is -2.37. The fourth-order valence-electron chi connectivity index (χ4n) is 2.45. The van der Waals surface area contributed by atoms with Crippen molar-refractivity contribution in [3.63, 3.8) is 0 Å². The van der Waals surface area contributed by atoms with Crippen molar-refractivity contribution in [2.24, 2.45) is 5.92 Å². The van der Waals surface area contributed by atoms with Crippen LogP contribution in [0.15, 0.2) is 40.9 Å². The first kappa shape index (κ1) is 12.9. The molecule has 0 unspecified atom stereocenters. The summed E-state index contributed by atoms with van der Waals surface area (Å²) in [6, 6.07) is 9.62. The van der Waals surface area contributed by atoms with E-state index >= 15 is 0 Å². The molecule has 1 aliphatic rings. The summed E-state index contributed by atoms with van der Waals surface area (Å²) in [6.45, 7) is 3.84. The molecule has 4 heteroatoms. The van der Waals surface area contributed by atoms with Crippen molar-refractivity contribution in [1.29, 1.82) is 0 Å². The summed E-state index contributed by atoms with van der Waals surface area (Å²) in [7, 11) is 0. The van der Waals surface area contributed by atoms with Crippen LogP contribution in [0.25, 0.3) is 11.5 Å². The molecular weight excluding hydrogens is 252 g/mol. The summed E-state index contributed by atoms with van der Waals surface area (Å²) >= 11 is 0. The van der Waals surface area contributed by atoms with Crippen molar-refractivity contribution in [2.75, 3.05) is 13.1 Å². The molecule has 0 aliphatic carbocycles. The molecule has 20 heavy (non-hydrogen) atoms. The van der Waals surface area contributed by atoms with Crippen LogP contribution >= 0.6 is 0 Å². The van der Waals surface area contributed by atoms with E-state index in [-0.39, 0.29) is 5.91 Å². The van der Waals surface area contributed by atoms with Gasteiger partial charge in [-0.3, -0.25) is 4.79 Å². The molecule has 3 rings (SSSR count). The number of piperidine rings is 1. The Labute approximate surface area is 118 Å². The molecule has 1 fully saturated rings. The van der Waals surface area contributed by atoms with Gasteiger partial charge in [0.1, 0.15) is 0 Å². The Hall–Kier alpha value is -2.10. The van der Waals surface area contributed by atoms with Crippen molar-refractivity contribution in [3.8, 4) is 11.5 Å². The van der Waals surface area contributed by atoms with Crippen LogP contribution in [0.1, 0.15) is 30.3 Å². The molecule has 1 aromatic heterocycles. The molecule has 1 aliphatic heterocycles. The number of rotatable bonds is 2. The summed E-state index contributed by atoms with van der Waals surface area (Å²) in [6.07, 6.45) is 3.65. The van der Waals surface area contributed by atoms with Gasteiger partial charge in [-0.25, -0.2) is 4.98 Å². The van der Waals surface area contributed by atoms with Gasteiger partial charge in [0.2, 0.25) is 11.7 Å². The van der Waals surface area contributed by atoms with Gasteiger partial charge in [0.05, 0.1) is 6.20 Å². The van der Waals surface area contributed by atoms with Crippen molar-refractivity contribution < 1.29 is 9.21 Å². The second kappa shape index (κ2) is 5.49. The first-order valence-corrected chi connectivity index (χ1v) is 7.04. The Balaban J connectivity index is 1.75. The summed E-state index contributed by atoms with van der Waals surface area (Å²) in [5.74, 6) is 1.48. The number of hydrogen-bond acceptors (Lipinski definition) is 3. The maximum atomic E-state index is 12.3. The highest BCUT2D eigenvalue weighted by atomic mass is 16.4. The van der Waals surface area contributed by atoms with Crippen LogP contribution in [0.4, 0.5) is 0 Å². The van der Waals surface area contributed by atoms with E-state index in [1.165, 1.54) is 6.20 Å². The van der Waals surface area contributed by atoms with Gasteiger partial charge in [-0.2, -0.15) is 0 Å². The Bertz CT molecular complexity index is 584. The minimum absolute atomic E-state index is 0.0495. The van der Waals surface area contributed by atoms with Gasteiger partial charge in [-0.1, -0.05) is 25.1 Å². The van der Waals surface area contributed by atoms with E-state index in [0.29, 0.717) is 17.6 Å². The molecular formula is C16H18N2O2. The predicted molar refractivity (Wildman–Crippen MR) is 76.2 cm³/mol.